The summed E-state index contributed by atoms with van der Waals surface area (Å²) in [6.45, 7) is 4.56. The summed E-state index contributed by atoms with van der Waals surface area (Å²) >= 11 is 0. The third-order valence-corrected chi connectivity index (χ3v) is 7.92. The van der Waals surface area contributed by atoms with Gasteiger partial charge >= 0.3 is 0 Å². The Bertz CT molecular complexity index is 609. The van der Waals surface area contributed by atoms with Gasteiger partial charge in [-0.3, -0.25) is 0 Å². The van der Waals surface area contributed by atoms with Gasteiger partial charge in [-0.15, -0.1) is 0 Å². The SMILES string of the molecule is CCCCCCCCCCCCCCc1ccc(O)c(CCCCCCCCCCCCCC)c1O. The summed E-state index contributed by atoms with van der Waals surface area (Å²) in [6, 6.07) is 3.72. The molecule has 2 nitrogen and oxygen atoms in total. The Kier molecular flexibility index (Phi) is 22.1. The van der Waals surface area contributed by atoms with E-state index in [0.717, 1.165) is 36.8 Å². The van der Waals surface area contributed by atoms with Crippen LogP contribution in [0, 0.1) is 0 Å². The molecule has 0 aromatic heterocycles. The van der Waals surface area contributed by atoms with E-state index in [1.54, 1.807) is 6.07 Å². The number of phenolic OH excluding ortho intramolecular Hbond substituents is 2. The fourth-order valence-corrected chi connectivity index (χ4v) is 5.42. The molecule has 0 atom stereocenters. The minimum Gasteiger partial charge on any atom is -0.508 e. The Morgan fingerprint density at radius 2 is 0.750 bits per heavy atom. The highest BCUT2D eigenvalue weighted by Gasteiger charge is 2.12. The quantitative estimate of drug-likeness (QED) is 0.124. The lowest BCUT2D eigenvalue weighted by Crippen LogP contribution is -1.94. The first-order valence-corrected chi connectivity index (χ1v) is 16.2. The minimum atomic E-state index is 0.272. The Labute approximate surface area is 225 Å². The summed E-state index contributed by atoms with van der Waals surface area (Å²) < 4.78 is 0. The number of hydrogen-bond acceptors (Lipinski definition) is 2. The van der Waals surface area contributed by atoms with Crippen molar-refractivity contribution in [3.63, 3.8) is 0 Å². The first-order chi connectivity index (χ1) is 17.7. The molecule has 0 amide bonds. The second-order valence-corrected chi connectivity index (χ2v) is 11.3. The van der Waals surface area contributed by atoms with E-state index in [1.165, 1.54) is 141 Å². The average molecular weight is 503 g/mol. The topological polar surface area (TPSA) is 40.5 Å². The lowest BCUT2D eigenvalue weighted by atomic mass is 9.97. The van der Waals surface area contributed by atoms with Gasteiger partial charge in [-0.05, 0) is 37.3 Å². The van der Waals surface area contributed by atoms with E-state index in [1.807, 2.05) is 6.07 Å². The molecule has 1 aromatic carbocycles. The Morgan fingerprint density at radius 1 is 0.417 bits per heavy atom. The summed E-state index contributed by atoms with van der Waals surface area (Å²) in [7, 11) is 0. The highest BCUT2D eigenvalue weighted by Crippen LogP contribution is 2.33. The van der Waals surface area contributed by atoms with Crippen molar-refractivity contribution in [1.29, 1.82) is 0 Å². The molecule has 2 heteroatoms. The van der Waals surface area contributed by atoms with E-state index in [0.29, 0.717) is 5.75 Å². The van der Waals surface area contributed by atoms with E-state index in [2.05, 4.69) is 13.8 Å². The van der Waals surface area contributed by atoms with Crippen LogP contribution in [0.1, 0.15) is 179 Å². The average Bonchev–Trinajstić information content (AvgIpc) is 2.88. The molecule has 36 heavy (non-hydrogen) atoms. The van der Waals surface area contributed by atoms with Crippen LogP contribution in [-0.4, -0.2) is 10.2 Å². The molecule has 0 bridgehead atoms. The molecule has 0 spiro atoms. The number of hydrogen-bond donors (Lipinski definition) is 2. The van der Waals surface area contributed by atoms with Gasteiger partial charge in [0.2, 0.25) is 0 Å². The van der Waals surface area contributed by atoms with Crippen molar-refractivity contribution in [2.75, 3.05) is 0 Å². The number of aryl methyl sites for hydroxylation is 1. The Hall–Kier alpha value is -1.18. The summed E-state index contributed by atoms with van der Waals surface area (Å²) in [5.41, 5.74) is 1.80. The molecule has 0 saturated heterocycles. The maximum absolute atomic E-state index is 10.8. The van der Waals surface area contributed by atoms with Crippen LogP contribution in [0.4, 0.5) is 0 Å². The predicted molar refractivity (Wildman–Crippen MR) is 159 cm³/mol. The number of aromatic hydroxyl groups is 2. The Morgan fingerprint density at radius 3 is 1.14 bits per heavy atom. The lowest BCUT2D eigenvalue weighted by molar-refractivity contribution is 0.430. The molecule has 1 aromatic rings. The monoisotopic (exact) mass is 502 g/mol. The van der Waals surface area contributed by atoms with Crippen LogP contribution in [-0.2, 0) is 12.8 Å². The maximum atomic E-state index is 10.8. The number of benzene rings is 1. The molecule has 0 heterocycles. The number of phenols is 2. The van der Waals surface area contributed by atoms with Crippen LogP contribution in [0.5, 0.6) is 11.5 Å². The van der Waals surface area contributed by atoms with Crippen LogP contribution in [0.15, 0.2) is 12.1 Å². The van der Waals surface area contributed by atoms with E-state index in [4.69, 9.17) is 0 Å². The van der Waals surface area contributed by atoms with Crippen molar-refractivity contribution in [1.82, 2.24) is 0 Å². The van der Waals surface area contributed by atoms with Gasteiger partial charge in [0.15, 0.2) is 0 Å². The van der Waals surface area contributed by atoms with E-state index < -0.39 is 0 Å². The highest BCUT2D eigenvalue weighted by molar-refractivity contribution is 5.48. The zero-order chi connectivity index (χ0) is 26.1. The number of unbranched alkanes of at least 4 members (excludes halogenated alkanes) is 22. The van der Waals surface area contributed by atoms with Crippen LogP contribution < -0.4 is 0 Å². The lowest BCUT2D eigenvalue weighted by Gasteiger charge is -2.12. The van der Waals surface area contributed by atoms with Gasteiger partial charge in [0, 0.05) is 5.56 Å². The van der Waals surface area contributed by atoms with Gasteiger partial charge in [-0.25, -0.2) is 0 Å². The predicted octanol–water partition coefficient (Wildman–Crippen LogP) is 11.6. The van der Waals surface area contributed by atoms with Gasteiger partial charge in [0.05, 0.1) is 0 Å². The van der Waals surface area contributed by atoms with Crippen molar-refractivity contribution in [3.05, 3.63) is 23.3 Å². The van der Waals surface area contributed by atoms with Crippen molar-refractivity contribution in [3.8, 4) is 11.5 Å². The summed E-state index contributed by atoms with van der Waals surface area (Å²) in [5.74, 6) is 0.634. The second-order valence-electron chi connectivity index (χ2n) is 11.3. The van der Waals surface area contributed by atoms with Gasteiger partial charge in [0.1, 0.15) is 11.5 Å². The summed E-state index contributed by atoms with van der Waals surface area (Å²) in [6.07, 6.45) is 33.9. The molecule has 0 unspecified atom stereocenters. The molecule has 0 radical (unpaired) electrons. The highest BCUT2D eigenvalue weighted by atomic mass is 16.3. The second kappa shape index (κ2) is 24.2. The smallest absolute Gasteiger partial charge is 0.125 e. The normalized spacial score (nSPS) is 11.4. The zero-order valence-electron chi connectivity index (χ0n) is 24.4. The van der Waals surface area contributed by atoms with Crippen LogP contribution >= 0.6 is 0 Å². The van der Waals surface area contributed by atoms with E-state index in [-0.39, 0.29) is 5.75 Å². The molecule has 0 saturated carbocycles. The van der Waals surface area contributed by atoms with Gasteiger partial charge < -0.3 is 10.2 Å². The van der Waals surface area contributed by atoms with Crippen molar-refractivity contribution < 1.29 is 10.2 Å². The summed E-state index contributed by atoms with van der Waals surface area (Å²) in [4.78, 5) is 0. The fourth-order valence-electron chi connectivity index (χ4n) is 5.42. The molecule has 0 aliphatic heterocycles. The maximum Gasteiger partial charge on any atom is 0.125 e. The Balaban J connectivity index is 2.08. The molecule has 0 aliphatic rings. The molecule has 2 N–H and O–H groups in total. The first-order valence-electron chi connectivity index (χ1n) is 16.2. The van der Waals surface area contributed by atoms with Crippen molar-refractivity contribution in [2.24, 2.45) is 0 Å². The zero-order valence-corrected chi connectivity index (χ0v) is 24.4. The molecule has 0 aliphatic carbocycles. The van der Waals surface area contributed by atoms with Gasteiger partial charge in [-0.1, -0.05) is 161 Å². The first kappa shape index (κ1) is 32.8. The summed E-state index contributed by atoms with van der Waals surface area (Å²) in [5, 5.41) is 21.1. The molecule has 210 valence electrons. The van der Waals surface area contributed by atoms with Crippen LogP contribution in [0.2, 0.25) is 0 Å². The molecule has 0 fully saturated rings. The van der Waals surface area contributed by atoms with Crippen molar-refractivity contribution >= 4 is 0 Å². The molecular weight excluding hydrogens is 440 g/mol. The third kappa shape index (κ3) is 17.3. The third-order valence-electron chi connectivity index (χ3n) is 7.92. The standard InChI is InChI=1S/C34H62O2/c1-3-5-7-9-11-13-15-17-19-21-23-25-27-31-29-30-33(35)32(34(31)36)28-26-24-22-20-18-16-14-12-10-8-6-4-2/h29-30,35-36H,3-28H2,1-2H3. The van der Waals surface area contributed by atoms with E-state index in [9.17, 15) is 10.2 Å². The van der Waals surface area contributed by atoms with Gasteiger partial charge in [0.25, 0.3) is 0 Å². The van der Waals surface area contributed by atoms with Crippen molar-refractivity contribution in [2.45, 2.75) is 181 Å². The molecular formula is C34H62O2. The van der Waals surface area contributed by atoms with E-state index >= 15 is 0 Å². The largest absolute Gasteiger partial charge is 0.508 e. The number of rotatable bonds is 26. The molecule has 1 rings (SSSR count). The van der Waals surface area contributed by atoms with Crippen LogP contribution in [0.3, 0.4) is 0 Å². The van der Waals surface area contributed by atoms with Gasteiger partial charge in [-0.2, -0.15) is 0 Å². The van der Waals surface area contributed by atoms with Crippen LogP contribution in [0.25, 0.3) is 0 Å². The fraction of sp³-hybridized carbons (Fsp3) is 0.824. The minimum absolute atomic E-state index is 0.272.